The molecule has 0 bridgehead atoms. The Labute approximate surface area is 182 Å². The minimum Gasteiger partial charge on any atom is -0.325 e. The molecule has 0 aliphatic rings. The molecule has 0 radical (unpaired) electrons. The van der Waals surface area contributed by atoms with Crippen LogP contribution in [0.1, 0.15) is 34.0 Å². The Morgan fingerprint density at radius 2 is 1.53 bits per heavy atom. The van der Waals surface area contributed by atoms with E-state index in [9.17, 15) is 9.59 Å². The fourth-order valence-corrected chi connectivity index (χ4v) is 3.84. The first kappa shape index (κ1) is 21.7. The summed E-state index contributed by atoms with van der Waals surface area (Å²) in [5.74, 6) is -0.208. The molecule has 1 unspecified atom stereocenters. The molecule has 2 amide bonds. The van der Waals surface area contributed by atoms with E-state index in [1.807, 2.05) is 94.4 Å². The average Bonchev–Trinajstić information content (AvgIpc) is 2.71. The van der Waals surface area contributed by atoms with Gasteiger partial charge < -0.3 is 10.6 Å². The Balaban J connectivity index is 1.64. The lowest BCUT2D eigenvalue weighted by molar-refractivity contribution is -0.115. The van der Waals surface area contributed by atoms with E-state index in [1.165, 1.54) is 11.8 Å². The molecule has 4 nitrogen and oxygen atoms in total. The van der Waals surface area contributed by atoms with Crippen LogP contribution >= 0.6 is 11.8 Å². The van der Waals surface area contributed by atoms with E-state index in [1.54, 1.807) is 0 Å². The summed E-state index contributed by atoms with van der Waals surface area (Å²) in [7, 11) is 0. The van der Waals surface area contributed by atoms with Crippen LogP contribution in [0.4, 0.5) is 11.4 Å². The summed E-state index contributed by atoms with van der Waals surface area (Å²) >= 11 is 1.46. The molecular formula is C25H26N2O2S. The fraction of sp³-hybridized carbons (Fsp3) is 0.200. The summed E-state index contributed by atoms with van der Waals surface area (Å²) in [6.07, 6.45) is 0. The number of amides is 2. The van der Waals surface area contributed by atoms with Gasteiger partial charge in [-0.15, -0.1) is 11.8 Å². The largest absolute Gasteiger partial charge is 0.325 e. The van der Waals surface area contributed by atoms with Crippen molar-refractivity contribution in [2.75, 3.05) is 10.6 Å². The number of aryl methyl sites for hydroxylation is 3. The highest BCUT2D eigenvalue weighted by atomic mass is 32.2. The van der Waals surface area contributed by atoms with Crippen molar-refractivity contribution in [3.8, 4) is 0 Å². The summed E-state index contributed by atoms with van der Waals surface area (Å²) in [4.78, 5) is 26.0. The maximum atomic E-state index is 12.7. The van der Waals surface area contributed by atoms with Gasteiger partial charge in [0, 0.05) is 21.8 Å². The summed E-state index contributed by atoms with van der Waals surface area (Å²) in [6.45, 7) is 7.85. The molecule has 0 saturated carbocycles. The first-order valence-corrected chi connectivity index (χ1v) is 10.7. The van der Waals surface area contributed by atoms with E-state index in [0.717, 1.165) is 27.3 Å². The van der Waals surface area contributed by atoms with Crippen LogP contribution in [0.3, 0.4) is 0 Å². The van der Waals surface area contributed by atoms with Gasteiger partial charge in [0.1, 0.15) is 0 Å². The van der Waals surface area contributed by atoms with Gasteiger partial charge in [0.15, 0.2) is 0 Å². The second kappa shape index (κ2) is 9.63. The highest BCUT2D eigenvalue weighted by Gasteiger charge is 2.16. The minimum atomic E-state index is -0.284. The maximum Gasteiger partial charge on any atom is 0.255 e. The second-order valence-electron chi connectivity index (χ2n) is 7.42. The third-order valence-corrected chi connectivity index (χ3v) is 5.83. The van der Waals surface area contributed by atoms with Crippen LogP contribution in [0, 0.1) is 20.8 Å². The molecule has 0 aliphatic carbocycles. The topological polar surface area (TPSA) is 58.2 Å². The highest BCUT2D eigenvalue weighted by molar-refractivity contribution is 8.00. The summed E-state index contributed by atoms with van der Waals surface area (Å²) in [6, 6.07) is 21.0. The van der Waals surface area contributed by atoms with Gasteiger partial charge in [-0.3, -0.25) is 9.59 Å². The molecule has 2 N–H and O–H groups in total. The third-order valence-electron chi connectivity index (χ3n) is 4.74. The normalized spacial score (nSPS) is 11.6. The first-order valence-electron chi connectivity index (χ1n) is 9.84. The van der Waals surface area contributed by atoms with E-state index in [2.05, 4.69) is 10.6 Å². The number of hydrogen-bond acceptors (Lipinski definition) is 3. The SMILES string of the molecule is Cc1ccc(C(=O)Nc2cccc(SC(C)C(=O)Nc3cc(C)ccc3C)c2)cc1. The van der Waals surface area contributed by atoms with Gasteiger partial charge in [0.2, 0.25) is 5.91 Å². The van der Waals surface area contributed by atoms with Gasteiger partial charge in [-0.25, -0.2) is 0 Å². The van der Waals surface area contributed by atoms with Gasteiger partial charge in [-0.05, 0) is 75.2 Å². The zero-order chi connectivity index (χ0) is 21.7. The van der Waals surface area contributed by atoms with Gasteiger partial charge >= 0.3 is 0 Å². The van der Waals surface area contributed by atoms with Crippen molar-refractivity contribution < 1.29 is 9.59 Å². The Morgan fingerprint density at radius 1 is 0.833 bits per heavy atom. The molecule has 0 saturated heterocycles. The Hall–Kier alpha value is -3.05. The lowest BCUT2D eigenvalue weighted by Crippen LogP contribution is -2.22. The fourth-order valence-electron chi connectivity index (χ4n) is 2.92. The van der Waals surface area contributed by atoms with E-state index in [0.29, 0.717) is 11.3 Å². The summed E-state index contributed by atoms with van der Waals surface area (Å²) in [5.41, 5.74) is 5.40. The van der Waals surface area contributed by atoms with E-state index < -0.39 is 0 Å². The lowest BCUT2D eigenvalue weighted by atomic mass is 10.1. The van der Waals surface area contributed by atoms with Crippen molar-refractivity contribution in [2.24, 2.45) is 0 Å². The predicted octanol–water partition coefficient (Wildman–Crippen LogP) is 5.98. The van der Waals surface area contributed by atoms with Crippen molar-refractivity contribution in [3.05, 3.63) is 89.0 Å². The molecule has 5 heteroatoms. The molecule has 3 rings (SSSR count). The number of carbonyl (C=O) groups excluding carboxylic acids is 2. The van der Waals surface area contributed by atoms with Crippen molar-refractivity contribution in [3.63, 3.8) is 0 Å². The van der Waals surface area contributed by atoms with Gasteiger partial charge in [0.05, 0.1) is 5.25 Å². The molecule has 0 aliphatic heterocycles. The number of benzene rings is 3. The van der Waals surface area contributed by atoms with E-state index in [4.69, 9.17) is 0 Å². The van der Waals surface area contributed by atoms with Crippen molar-refractivity contribution in [1.29, 1.82) is 0 Å². The summed E-state index contributed by atoms with van der Waals surface area (Å²) in [5, 5.41) is 5.65. The average molecular weight is 419 g/mol. The Kier molecular flexibility index (Phi) is 6.95. The molecule has 0 aromatic heterocycles. The van der Waals surface area contributed by atoms with Gasteiger partial charge in [-0.1, -0.05) is 35.9 Å². The smallest absolute Gasteiger partial charge is 0.255 e. The Bertz CT molecular complexity index is 1060. The monoisotopic (exact) mass is 418 g/mol. The van der Waals surface area contributed by atoms with Crippen LogP contribution in [0.2, 0.25) is 0 Å². The third kappa shape index (κ3) is 5.74. The summed E-state index contributed by atoms with van der Waals surface area (Å²) < 4.78 is 0. The molecule has 0 heterocycles. The predicted molar refractivity (Wildman–Crippen MR) is 125 cm³/mol. The highest BCUT2D eigenvalue weighted by Crippen LogP contribution is 2.27. The molecule has 0 spiro atoms. The second-order valence-corrected chi connectivity index (χ2v) is 8.83. The zero-order valence-corrected chi connectivity index (χ0v) is 18.5. The molecule has 154 valence electrons. The lowest BCUT2D eigenvalue weighted by Gasteiger charge is -2.15. The van der Waals surface area contributed by atoms with Gasteiger partial charge in [-0.2, -0.15) is 0 Å². The van der Waals surface area contributed by atoms with Crippen LogP contribution < -0.4 is 10.6 Å². The molecule has 30 heavy (non-hydrogen) atoms. The van der Waals surface area contributed by atoms with Crippen LogP contribution in [0.5, 0.6) is 0 Å². The van der Waals surface area contributed by atoms with Gasteiger partial charge in [0.25, 0.3) is 5.91 Å². The number of nitrogens with one attached hydrogen (secondary N) is 2. The molecule has 1 atom stereocenters. The quantitative estimate of drug-likeness (QED) is 0.484. The number of carbonyl (C=O) groups is 2. The maximum absolute atomic E-state index is 12.7. The van der Waals surface area contributed by atoms with E-state index in [-0.39, 0.29) is 17.1 Å². The first-order chi connectivity index (χ1) is 14.3. The standard InChI is InChI=1S/C25H26N2O2S/c1-16-9-12-20(13-10-16)25(29)26-21-6-5-7-22(15-21)30-19(4)24(28)27-23-14-17(2)8-11-18(23)3/h5-15,19H,1-4H3,(H,26,29)(H,27,28). The number of hydrogen-bond donors (Lipinski definition) is 2. The number of anilines is 2. The molecule has 0 fully saturated rings. The van der Waals surface area contributed by atoms with Crippen LogP contribution in [-0.4, -0.2) is 17.1 Å². The van der Waals surface area contributed by atoms with Crippen molar-refractivity contribution in [1.82, 2.24) is 0 Å². The van der Waals surface area contributed by atoms with Crippen LogP contribution in [0.15, 0.2) is 71.6 Å². The number of rotatable bonds is 6. The van der Waals surface area contributed by atoms with Crippen molar-refractivity contribution in [2.45, 2.75) is 37.8 Å². The number of thioether (sulfide) groups is 1. The molecule has 3 aromatic rings. The van der Waals surface area contributed by atoms with Crippen LogP contribution in [-0.2, 0) is 4.79 Å². The Morgan fingerprint density at radius 3 is 2.27 bits per heavy atom. The van der Waals surface area contributed by atoms with Crippen molar-refractivity contribution >= 4 is 35.0 Å². The minimum absolute atomic E-state index is 0.0530. The van der Waals surface area contributed by atoms with Crippen LogP contribution in [0.25, 0.3) is 0 Å². The zero-order valence-electron chi connectivity index (χ0n) is 17.7. The molecule has 3 aromatic carbocycles. The molecular weight excluding hydrogens is 392 g/mol. The van der Waals surface area contributed by atoms with E-state index >= 15 is 0 Å².